The molecule has 19 heavy (non-hydrogen) atoms. The summed E-state index contributed by atoms with van der Waals surface area (Å²) in [5.41, 5.74) is 1.34. The van der Waals surface area contributed by atoms with Crippen molar-refractivity contribution in [2.45, 2.75) is 6.10 Å². The number of benzene rings is 4. The third-order valence-corrected chi connectivity index (χ3v) is 4.24. The summed E-state index contributed by atoms with van der Waals surface area (Å²) < 4.78 is 5.48. The van der Waals surface area contributed by atoms with Gasteiger partial charge in [0.2, 0.25) is 0 Å². The monoisotopic (exact) mass is 244 g/mol. The molecule has 1 aliphatic heterocycles. The fraction of sp³-hybridized carbons (Fsp3) is 0.111. The lowest BCUT2D eigenvalue weighted by atomic mass is 9.91. The lowest BCUT2D eigenvalue weighted by Gasteiger charge is -2.12. The first-order valence-electron chi connectivity index (χ1n) is 6.70. The third-order valence-electron chi connectivity index (χ3n) is 4.24. The summed E-state index contributed by atoms with van der Waals surface area (Å²) in [5.74, 6) is 0. The standard InChI is InChI=1S/C18H12O/c1-2-11-4-5-13-6-8-14(16-10-19-16)15-9-7-12(3-1)17(11)18(13)15/h1-9,16H,10H2/t16-/m1/s1. The van der Waals surface area contributed by atoms with Gasteiger partial charge in [-0.05, 0) is 37.9 Å². The molecule has 0 aliphatic carbocycles. The van der Waals surface area contributed by atoms with Crippen molar-refractivity contribution in [2.75, 3.05) is 6.61 Å². The summed E-state index contributed by atoms with van der Waals surface area (Å²) in [7, 11) is 0. The van der Waals surface area contributed by atoms with E-state index >= 15 is 0 Å². The van der Waals surface area contributed by atoms with Crippen LogP contribution in [0.3, 0.4) is 0 Å². The van der Waals surface area contributed by atoms with Gasteiger partial charge in [-0.15, -0.1) is 0 Å². The van der Waals surface area contributed by atoms with Crippen molar-refractivity contribution in [3.8, 4) is 0 Å². The zero-order chi connectivity index (χ0) is 12.4. The molecule has 0 unspecified atom stereocenters. The first-order chi connectivity index (χ1) is 9.42. The van der Waals surface area contributed by atoms with Gasteiger partial charge in [0.15, 0.2) is 0 Å². The summed E-state index contributed by atoms with van der Waals surface area (Å²) in [6.45, 7) is 0.865. The van der Waals surface area contributed by atoms with Crippen LogP contribution in [0, 0.1) is 0 Å². The summed E-state index contributed by atoms with van der Waals surface area (Å²) in [6.07, 6.45) is 0.310. The minimum atomic E-state index is 0.310. The zero-order valence-corrected chi connectivity index (χ0v) is 10.4. The number of ether oxygens (including phenoxy) is 1. The third kappa shape index (κ3) is 1.23. The van der Waals surface area contributed by atoms with E-state index < -0.39 is 0 Å². The van der Waals surface area contributed by atoms with E-state index in [1.165, 1.54) is 37.9 Å². The van der Waals surface area contributed by atoms with Gasteiger partial charge < -0.3 is 4.74 Å². The topological polar surface area (TPSA) is 12.5 Å². The van der Waals surface area contributed by atoms with Crippen molar-refractivity contribution in [2.24, 2.45) is 0 Å². The molecule has 0 saturated carbocycles. The molecule has 1 atom stereocenters. The van der Waals surface area contributed by atoms with Crippen molar-refractivity contribution >= 4 is 32.3 Å². The van der Waals surface area contributed by atoms with Crippen LogP contribution in [0.4, 0.5) is 0 Å². The van der Waals surface area contributed by atoms with Crippen molar-refractivity contribution < 1.29 is 4.74 Å². The molecule has 0 radical (unpaired) electrons. The lowest BCUT2D eigenvalue weighted by Crippen LogP contribution is -1.88. The molecule has 4 aromatic rings. The van der Waals surface area contributed by atoms with E-state index in [9.17, 15) is 0 Å². The van der Waals surface area contributed by atoms with Crippen molar-refractivity contribution in [3.63, 3.8) is 0 Å². The summed E-state index contributed by atoms with van der Waals surface area (Å²) in [6, 6.07) is 19.9. The Morgan fingerprint density at radius 2 is 1.37 bits per heavy atom. The van der Waals surface area contributed by atoms with E-state index in [0.717, 1.165) is 6.61 Å². The smallest absolute Gasteiger partial charge is 0.107 e. The Morgan fingerprint density at radius 1 is 0.737 bits per heavy atom. The quantitative estimate of drug-likeness (QED) is 0.350. The van der Waals surface area contributed by atoms with Crippen LogP contribution in [0.25, 0.3) is 32.3 Å². The molecule has 90 valence electrons. The zero-order valence-electron chi connectivity index (χ0n) is 10.4. The molecule has 0 spiro atoms. The fourth-order valence-electron chi connectivity index (χ4n) is 3.27. The SMILES string of the molecule is c1cc2ccc3ccc([C@H]4CO4)c4ccc(c1)c2c34. The highest BCUT2D eigenvalue weighted by Crippen LogP contribution is 2.41. The van der Waals surface area contributed by atoms with Crippen LogP contribution >= 0.6 is 0 Å². The molecule has 1 heterocycles. The molecule has 1 nitrogen and oxygen atoms in total. The Kier molecular flexibility index (Phi) is 1.67. The van der Waals surface area contributed by atoms with Gasteiger partial charge in [-0.25, -0.2) is 0 Å². The maximum atomic E-state index is 5.48. The first-order valence-corrected chi connectivity index (χ1v) is 6.70. The van der Waals surface area contributed by atoms with Gasteiger partial charge in [0.05, 0.1) is 6.61 Å². The van der Waals surface area contributed by atoms with Gasteiger partial charge in [0.25, 0.3) is 0 Å². The minimum absolute atomic E-state index is 0.310. The van der Waals surface area contributed by atoms with Gasteiger partial charge in [0.1, 0.15) is 6.10 Å². The van der Waals surface area contributed by atoms with E-state index in [1.54, 1.807) is 0 Å². The molecule has 1 aliphatic rings. The predicted octanol–water partition coefficient (Wildman–Crippen LogP) is 4.66. The van der Waals surface area contributed by atoms with Crippen LogP contribution in [-0.4, -0.2) is 6.61 Å². The van der Waals surface area contributed by atoms with Crippen LogP contribution in [0.1, 0.15) is 11.7 Å². The van der Waals surface area contributed by atoms with Gasteiger partial charge in [-0.1, -0.05) is 54.6 Å². The average Bonchev–Trinajstić information content (AvgIpc) is 3.29. The fourth-order valence-corrected chi connectivity index (χ4v) is 3.27. The molecule has 1 fully saturated rings. The van der Waals surface area contributed by atoms with Gasteiger partial charge in [-0.2, -0.15) is 0 Å². The summed E-state index contributed by atoms with van der Waals surface area (Å²) in [4.78, 5) is 0. The Balaban J connectivity index is 2.10. The molecule has 0 N–H and O–H groups in total. The van der Waals surface area contributed by atoms with Crippen LogP contribution in [-0.2, 0) is 4.74 Å². The molecule has 5 rings (SSSR count). The van der Waals surface area contributed by atoms with Crippen molar-refractivity contribution in [1.82, 2.24) is 0 Å². The molecule has 1 saturated heterocycles. The number of rotatable bonds is 1. The highest BCUT2D eigenvalue weighted by atomic mass is 16.6. The highest BCUT2D eigenvalue weighted by Gasteiger charge is 2.27. The van der Waals surface area contributed by atoms with Crippen molar-refractivity contribution in [1.29, 1.82) is 0 Å². The predicted molar refractivity (Wildman–Crippen MR) is 78.8 cm³/mol. The van der Waals surface area contributed by atoms with Crippen molar-refractivity contribution in [3.05, 3.63) is 60.2 Å². The Bertz CT molecular complexity index is 903. The minimum Gasteiger partial charge on any atom is -0.368 e. The second kappa shape index (κ2) is 3.25. The molecule has 0 bridgehead atoms. The number of hydrogen-bond acceptors (Lipinski definition) is 1. The molecule has 0 amide bonds. The van der Waals surface area contributed by atoms with E-state index in [0.29, 0.717) is 6.10 Å². The normalized spacial score (nSPS) is 18.6. The van der Waals surface area contributed by atoms with Crippen LogP contribution in [0.2, 0.25) is 0 Å². The van der Waals surface area contributed by atoms with Gasteiger partial charge in [-0.3, -0.25) is 0 Å². The molecule has 0 aromatic heterocycles. The molecule has 1 heteroatoms. The average molecular weight is 244 g/mol. The number of hydrogen-bond donors (Lipinski definition) is 0. The molecule has 4 aromatic carbocycles. The van der Waals surface area contributed by atoms with E-state index in [-0.39, 0.29) is 0 Å². The second-order valence-electron chi connectivity index (χ2n) is 5.33. The molecular weight excluding hydrogens is 232 g/mol. The largest absolute Gasteiger partial charge is 0.368 e. The second-order valence-corrected chi connectivity index (χ2v) is 5.33. The summed E-state index contributed by atoms with van der Waals surface area (Å²) >= 11 is 0. The number of epoxide rings is 1. The summed E-state index contributed by atoms with van der Waals surface area (Å²) in [5, 5.41) is 8.10. The lowest BCUT2D eigenvalue weighted by molar-refractivity contribution is 0.417. The Hall–Kier alpha value is -2.12. The maximum Gasteiger partial charge on any atom is 0.107 e. The van der Waals surface area contributed by atoms with E-state index in [4.69, 9.17) is 4.74 Å². The maximum absolute atomic E-state index is 5.48. The van der Waals surface area contributed by atoms with Gasteiger partial charge in [0, 0.05) is 0 Å². The first kappa shape index (κ1) is 9.76. The van der Waals surface area contributed by atoms with Gasteiger partial charge >= 0.3 is 0 Å². The van der Waals surface area contributed by atoms with E-state index in [2.05, 4.69) is 54.6 Å². The van der Waals surface area contributed by atoms with Crippen LogP contribution < -0.4 is 0 Å². The molecular formula is C18H12O. The van der Waals surface area contributed by atoms with Crippen LogP contribution in [0.5, 0.6) is 0 Å². The van der Waals surface area contributed by atoms with Crippen LogP contribution in [0.15, 0.2) is 54.6 Å². The Labute approximate surface area is 110 Å². The Morgan fingerprint density at radius 3 is 2.11 bits per heavy atom. The highest BCUT2D eigenvalue weighted by molar-refractivity contribution is 6.23. The van der Waals surface area contributed by atoms with E-state index in [1.807, 2.05) is 0 Å².